The molecule has 0 radical (unpaired) electrons. The van der Waals surface area contributed by atoms with Gasteiger partial charge < -0.3 is 9.13 Å². The molecule has 0 amide bonds. The van der Waals surface area contributed by atoms with E-state index in [4.69, 9.17) is 0 Å². The van der Waals surface area contributed by atoms with Crippen molar-refractivity contribution in [2.75, 3.05) is 0 Å². The highest BCUT2D eigenvalue weighted by molar-refractivity contribution is 7.86. The van der Waals surface area contributed by atoms with Crippen LogP contribution in [0.4, 0.5) is 0 Å². The largest absolute Gasteiger partial charge is 0.309 e. The first-order valence-electron chi connectivity index (χ1n) is 20.9. The van der Waals surface area contributed by atoms with E-state index >= 15 is 4.57 Å². The van der Waals surface area contributed by atoms with Crippen LogP contribution in [0.15, 0.2) is 218 Å². The summed E-state index contributed by atoms with van der Waals surface area (Å²) in [5.74, 6) is 0. The minimum atomic E-state index is -3.24. The van der Waals surface area contributed by atoms with Gasteiger partial charge >= 0.3 is 0 Å². The number of rotatable bonds is 4. The van der Waals surface area contributed by atoms with Crippen molar-refractivity contribution < 1.29 is 4.57 Å². The van der Waals surface area contributed by atoms with Gasteiger partial charge in [0.2, 0.25) is 0 Å². The van der Waals surface area contributed by atoms with Crippen molar-refractivity contribution in [2.45, 2.75) is 0 Å². The van der Waals surface area contributed by atoms with Gasteiger partial charge in [-0.05, 0) is 113 Å². The lowest BCUT2D eigenvalue weighted by molar-refractivity contribution is 0.593. The molecule has 0 saturated heterocycles. The van der Waals surface area contributed by atoms with Gasteiger partial charge in [0, 0.05) is 32.4 Å². The zero-order chi connectivity index (χ0) is 40.2. The first-order valence-corrected chi connectivity index (χ1v) is 22.7. The van der Waals surface area contributed by atoms with E-state index in [1.807, 2.05) is 36.4 Å². The molecule has 0 aliphatic carbocycles. The summed E-state index contributed by atoms with van der Waals surface area (Å²) in [6, 6.07) is 78.5. The number of benzene rings is 11. The smallest absolute Gasteiger partial charge is 0.172 e. The molecule has 0 spiro atoms. The predicted molar refractivity (Wildman–Crippen MR) is 260 cm³/mol. The lowest BCUT2D eigenvalue weighted by Gasteiger charge is -2.20. The van der Waals surface area contributed by atoms with Crippen LogP contribution in [0.3, 0.4) is 0 Å². The molecule has 0 fully saturated rings. The van der Waals surface area contributed by atoms with Gasteiger partial charge in [-0.2, -0.15) is 0 Å². The zero-order valence-corrected chi connectivity index (χ0v) is 34.0. The third-order valence-electron chi connectivity index (χ3n) is 13.1. The van der Waals surface area contributed by atoms with Crippen LogP contribution < -0.4 is 15.9 Å². The molecule has 13 rings (SSSR count). The molecule has 11 aromatic carbocycles. The van der Waals surface area contributed by atoms with Crippen molar-refractivity contribution in [3.63, 3.8) is 0 Å². The van der Waals surface area contributed by atoms with E-state index in [1.165, 1.54) is 65.3 Å². The molecule has 1 aromatic heterocycles. The normalized spacial score (nSPS) is 14.7. The maximum Gasteiger partial charge on any atom is 0.172 e. The van der Waals surface area contributed by atoms with Crippen LogP contribution in [0.5, 0.6) is 0 Å². The highest BCUT2D eigenvalue weighted by Gasteiger charge is 2.42. The lowest BCUT2D eigenvalue weighted by atomic mass is 9.85. The van der Waals surface area contributed by atoms with Crippen molar-refractivity contribution in [1.29, 1.82) is 0 Å². The van der Waals surface area contributed by atoms with E-state index in [1.54, 1.807) is 0 Å². The summed E-state index contributed by atoms with van der Waals surface area (Å²) in [5, 5.41) is 14.6. The summed E-state index contributed by atoms with van der Waals surface area (Å²) in [5.41, 5.74) is 10.1. The number of nitrogens with zero attached hydrogens (tertiary/aromatic N) is 1. The van der Waals surface area contributed by atoms with Gasteiger partial charge in [0.1, 0.15) is 0 Å². The topological polar surface area (TPSA) is 22.0 Å². The maximum absolute atomic E-state index is 16.1. The van der Waals surface area contributed by atoms with Gasteiger partial charge in [-0.3, -0.25) is 0 Å². The fourth-order valence-corrected chi connectivity index (χ4v) is 13.8. The molecular weight excluding hydrogens is 758 g/mol. The van der Waals surface area contributed by atoms with Crippen molar-refractivity contribution in [2.24, 2.45) is 0 Å². The number of hydrogen-bond donors (Lipinski definition) is 0. The van der Waals surface area contributed by atoms with Crippen LogP contribution >= 0.6 is 7.14 Å². The highest BCUT2D eigenvalue weighted by Crippen LogP contribution is 2.55. The Bertz CT molecular complexity index is 3860. The predicted octanol–water partition coefficient (Wildman–Crippen LogP) is 14.4. The summed E-state index contributed by atoms with van der Waals surface area (Å²) in [7, 11) is -3.24. The van der Waals surface area contributed by atoms with E-state index < -0.39 is 7.14 Å². The quantitative estimate of drug-likeness (QED) is 0.128. The van der Waals surface area contributed by atoms with Crippen LogP contribution in [0.1, 0.15) is 0 Å². The molecule has 1 aliphatic rings. The molecule has 12 aromatic rings. The molecule has 2 nitrogen and oxygen atoms in total. The summed E-state index contributed by atoms with van der Waals surface area (Å²) >= 11 is 0. The van der Waals surface area contributed by atoms with Gasteiger partial charge in [0.15, 0.2) is 7.14 Å². The van der Waals surface area contributed by atoms with E-state index in [0.29, 0.717) is 0 Å². The second-order valence-corrected chi connectivity index (χ2v) is 19.0. The summed E-state index contributed by atoms with van der Waals surface area (Å²) in [4.78, 5) is 0. The molecule has 2 heterocycles. The molecule has 1 atom stereocenters. The van der Waals surface area contributed by atoms with Crippen LogP contribution in [0.25, 0.3) is 104 Å². The van der Waals surface area contributed by atoms with Gasteiger partial charge in [-0.25, -0.2) is 0 Å². The molecule has 1 unspecified atom stereocenters. The Morgan fingerprint density at radius 1 is 0.361 bits per heavy atom. The maximum atomic E-state index is 16.1. The number of aromatic nitrogens is 1. The highest BCUT2D eigenvalue weighted by atomic mass is 31.2. The second-order valence-electron chi connectivity index (χ2n) is 16.3. The Kier molecular flexibility index (Phi) is 7.32. The molecule has 1 aliphatic heterocycles. The Morgan fingerprint density at radius 2 is 0.918 bits per heavy atom. The van der Waals surface area contributed by atoms with Crippen LogP contribution in [-0.4, -0.2) is 4.57 Å². The minimum absolute atomic E-state index is 0.865. The average Bonchev–Trinajstić information content (AvgIpc) is 3.80. The number of hydrogen-bond acceptors (Lipinski definition) is 1. The van der Waals surface area contributed by atoms with Gasteiger partial charge in [0.25, 0.3) is 0 Å². The summed E-state index contributed by atoms with van der Waals surface area (Å²) in [6.07, 6.45) is 0. The molecule has 0 saturated carbocycles. The third kappa shape index (κ3) is 4.89. The number of fused-ring (bicyclic) bond motifs is 11. The first-order chi connectivity index (χ1) is 30.1. The molecular formula is C58H36NOP. The van der Waals surface area contributed by atoms with Gasteiger partial charge in [-0.1, -0.05) is 182 Å². The Morgan fingerprint density at radius 3 is 1.62 bits per heavy atom. The third-order valence-corrected chi connectivity index (χ3v) is 16.3. The van der Waals surface area contributed by atoms with Gasteiger partial charge in [0.05, 0.1) is 11.0 Å². The van der Waals surface area contributed by atoms with Gasteiger partial charge in [-0.15, -0.1) is 0 Å². The average molecular weight is 794 g/mol. The van der Waals surface area contributed by atoms with E-state index in [0.717, 1.165) is 54.5 Å². The first kappa shape index (κ1) is 34.4. The van der Waals surface area contributed by atoms with Crippen molar-refractivity contribution in [1.82, 2.24) is 4.57 Å². The summed E-state index contributed by atoms with van der Waals surface area (Å²) < 4.78 is 18.5. The van der Waals surface area contributed by atoms with E-state index in [2.05, 4.69) is 187 Å². The standard InChI is InChI=1S/C58H36NOP/c60-61(44-18-2-1-3-19-44)54-25-13-11-20-45(54)49-32-33-53-57(58(49)61)50-23-10-12-24-52(50)59(53)43-30-31-48-51(36-43)56(42-29-27-38-15-5-7-17-40(38)35-42)47-22-9-8-21-46(47)55(48)41-28-26-37-14-4-6-16-39(37)34-41/h1-36H. The Balaban J connectivity index is 1.15. The second kappa shape index (κ2) is 13.0. The van der Waals surface area contributed by atoms with Crippen molar-refractivity contribution in [3.8, 4) is 39.1 Å². The monoisotopic (exact) mass is 793 g/mol. The van der Waals surface area contributed by atoms with E-state index in [-0.39, 0.29) is 0 Å². The minimum Gasteiger partial charge on any atom is -0.309 e. The fourth-order valence-electron chi connectivity index (χ4n) is 10.5. The van der Waals surface area contributed by atoms with E-state index in [9.17, 15) is 0 Å². The fraction of sp³-hybridized carbons (Fsp3) is 0. The molecule has 284 valence electrons. The lowest BCUT2D eigenvalue weighted by Crippen LogP contribution is -2.21. The Hall–Kier alpha value is -7.51. The van der Waals surface area contributed by atoms with Crippen LogP contribution in [0.2, 0.25) is 0 Å². The van der Waals surface area contributed by atoms with Crippen LogP contribution in [0, 0.1) is 0 Å². The number of para-hydroxylation sites is 1. The van der Waals surface area contributed by atoms with Crippen molar-refractivity contribution in [3.05, 3.63) is 218 Å². The Labute approximate surface area is 353 Å². The molecule has 0 bridgehead atoms. The molecule has 61 heavy (non-hydrogen) atoms. The SMILES string of the molecule is O=P1(c2ccccc2)c2ccccc2-c2ccc3c(c21)c1ccccc1n3-c1ccc2c(-c3ccc4ccccc4c3)c3ccccc3c(-c3ccc4ccccc4c3)c2c1. The molecule has 0 N–H and O–H groups in total. The molecule has 3 heteroatoms. The van der Waals surface area contributed by atoms with Crippen LogP contribution in [-0.2, 0) is 4.57 Å². The van der Waals surface area contributed by atoms with Crippen molar-refractivity contribution >= 4 is 88.0 Å². The summed E-state index contributed by atoms with van der Waals surface area (Å²) in [6.45, 7) is 0. The zero-order valence-electron chi connectivity index (χ0n) is 33.1.